The second-order valence-corrected chi connectivity index (χ2v) is 11.1. The Labute approximate surface area is 282 Å². The maximum absolute atomic E-state index is 13.4. The molecule has 0 spiro atoms. The van der Waals surface area contributed by atoms with Crippen LogP contribution in [0.1, 0.15) is 54.5 Å². The number of aryl methyl sites for hydroxylation is 2. The van der Waals surface area contributed by atoms with Gasteiger partial charge in [0.15, 0.2) is 17.4 Å². The van der Waals surface area contributed by atoms with Crippen LogP contribution in [0.4, 0.5) is 0 Å². The Morgan fingerprint density at radius 2 is 1.69 bits per heavy atom. The van der Waals surface area contributed by atoms with Crippen LogP contribution in [0.15, 0.2) is 66.7 Å². The second-order valence-electron chi connectivity index (χ2n) is 11.1. The molecule has 0 aliphatic carbocycles. The first kappa shape index (κ1) is 34.0. The maximum Gasteiger partial charge on any atom is 0.166 e. The minimum Gasteiger partial charge on any atom is -0.486 e. The molecule has 1 aliphatic rings. The van der Waals surface area contributed by atoms with Crippen molar-refractivity contribution in [2.75, 3.05) is 39.4 Å². The zero-order chi connectivity index (χ0) is 29.1. The molecule has 3 aromatic carbocycles. The SMILES string of the molecule is CC[N+](CC)(CCCCN(Cc1ccc2c(c1)OCCO2)C(=O)[CH-]/C=C\c1[c-]cccc1)Cc1cc(C)cc(C)c1.[Tm]. The molecule has 0 fully saturated rings. The van der Waals surface area contributed by atoms with Crippen LogP contribution in [0.2, 0.25) is 0 Å². The number of nitrogens with zero attached hydrogens (tertiary/aromatic N) is 2. The van der Waals surface area contributed by atoms with Gasteiger partial charge >= 0.3 is 0 Å². The molecule has 1 radical (unpaired) electrons. The van der Waals surface area contributed by atoms with Gasteiger partial charge in [-0.05, 0) is 58.2 Å². The van der Waals surface area contributed by atoms with Crippen LogP contribution in [-0.2, 0) is 17.9 Å². The molecule has 0 saturated carbocycles. The number of carbonyl (C=O) groups is 1. The average molecular weight is 723 g/mol. The largest absolute Gasteiger partial charge is 0.486 e. The Morgan fingerprint density at radius 1 is 0.952 bits per heavy atom. The topological polar surface area (TPSA) is 38.8 Å². The van der Waals surface area contributed by atoms with E-state index in [0.29, 0.717) is 26.3 Å². The number of hydrogen-bond acceptors (Lipinski definition) is 3. The molecule has 0 saturated heterocycles. The standard InChI is InChI=1S/C36H45N2O3.Tm/c1-5-38(6-2,28-33-24-29(3)23-30(4)25-33)20-11-10-19-37(36(39)16-12-15-31-13-8-7-9-14-31)27-32-17-18-34-35(26-32)41-22-21-40-34;/h7-9,12-13,15-18,23-26H,5-6,10-11,19-22,27-28H2,1-4H3;/q-1;/b15-12-;. The van der Waals surface area contributed by atoms with E-state index < -0.39 is 0 Å². The third-order valence-electron chi connectivity index (χ3n) is 7.99. The normalized spacial score (nSPS) is 12.6. The number of rotatable bonds is 14. The van der Waals surface area contributed by atoms with Gasteiger partial charge in [0.1, 0.15) is 19.8 Å². The van der Waals surface area contributed by atoms with E-state index in [1.54, 1.807) is 6.42 Å². The zero-order valence-electron chi connectivity index (χ0n) is 25.5. The van der Waals surface area contributed by atoms with Gasteiger partial charge in [-0.1, -0.05) is 35.4 Å². The van der Waals surface area contributed by atoms with Crippen molar-refractivity contribution in [3.63, 3.8) is 0 Å². The van der Waals surface area contributed by atoms with Gasteiger partial charge in [-0.2, -0.15) is 17.7 Å². The quantitative estimate of drug-likeness (QED) is 0.103. The molecule has 6 heteroatoms. The summed E-state index contributed by atoms with van der Waals surface area (Å²) in [5, 5.41) is 0. The molecule has 0 atom stereocenters. The summed E-state index contributed by atoms with van der Waals surface area (Å²) in [7, 11) is 0. The summed E-state index contributed by atoms with van der Waals surface area (Å²) >= 11 is 0. The molecule has 4 rings (SSSR count). The van der Waals surface area contributed by atoms with Crippen molar-refractivity contribution in [1.29, 1.82) is 0 Å². The molecule has 0 N–H and O–H groups in total. The van der Waals surface area contributed by atoms with Crippen molar-refractivity contribution in [3.05, 3.63) is 107 Å². The van der Waals surface area contributed by atoms with Crippen LogP contribution in [0.25, 0.3) is 6.08 Å². The number of carbonyl (C=O) groups excluding carboxylic acids is 1. The Bertz CT molecular complexity index is 1280. The predicted octanol–water partition coefficient (Wildman–Crippen LogP) is 6.96. The van der Waals surface area contributed by atoms with Crippen molar-refractivity contribution in [3.8, 4) is 11.5 Å². The smallest absolute Gasteiger partial charge is 0.166 e. The van der Waals surface area contributed by atoms with Crippen LogP contribution >= 0.6 is 0 Å². The van der Waals surface area contributed by atoms with E-state index in [1.165, 1.54) is 16.7 Å². The number of fused-ring (bicyclic) bond motifs is 1. The number of hydrogen-bond donors (Lipinski definition) is 0. The molecular formula is C36H45N2O3Tm-. The van der Waals surface area contributed by atoms with Gasteiger partial charge in [0.2, 0.25) is 0 Å². The van der Waals surface area contributed by atoms with E-state index in [9.17, 15) is 4.79 Å². The van der Waals surface area contributed by atoms with Gasteiger partial charge < -0.3 is 18.9 Å². The average Bonchev–Trinajstić information content (AvgIpc) is 2.98. The van der Waals surface area contributed by atoms with E-state index >= 15 is 0 Å². The molecule has 3 aromatic rings. The summed E-state index contributed by atoms with van der Waals surface area (Å²) in [6.07, 6.45) is 7.42. The summed E-state index contributed by atoms with van der Waals surface area (Å²) in [5.74, 6) is 1.53. The van der Waals surface area contributed by atoms with Gasteiger partial charge in [0.25, 0.3) is 0 Å². The predicted molar refractivity (Wildman–Crippen MR) is 167 cm³/mol. The first-order chi connectivity index (χ1) is 19.9. The fourth-order valence-electron chi connectivity index (χ4n) is 5.66. The number of amides is 1. The molecule has 1 heterocycles. The Hall–Kier alpha value is -2.47. The van der Waals surface area contributed by atoms with Crippen LogP contribution in [0, 0.1) is 63.2 Å². The third-order valence-corrected chi connectivity index (χ3v) is 7.99. The van der Waals surface area contributed by atoms with Crippen LogP contribution in [-0.4, -0.2) is 54.7 Å². The minimum absolute atomic E-state index is 0. The zero-order valence-corrected chi connectivity index (χ0v) is 27.3. The molecule has 1 amide bonds. The fraction of sp³-hybridized carbons (Fsp3) is 0.389. The number of benzene rings is 3. The number of ether oxygens (including phenoxy) is 2. The van der Waals surface area contributed by atoms with Crippen molar-refractivity contribution in [1.82, 2.24) is 4.90 Å². The van der Waals surface area contributed by atoms with E-state index in [-0.39, 0.29) is 42.8 Å². The Morgan fingerprint density at radius 3 is 2.38 bits per heavy atom. The summed E-state index contributed by atoms with van der Waals surface area (Å²) in [5.41, 5.74) is 6.06. The van der Waals surface area contributed by atoms with Gasteiger partial charge in [-0.15, -0.1) is 36.8 Å². The molecule has 231 valence electrons. The van der Waals surface area contributed by atoms with Crippen molar-refractivity contribution in [2.45, 2.75) is 53.6 Å². The third kappa shape index (κ3) is 10.1. The van der Waals surface area contributed by atoms with Crippen molar-refractivity contribution < 1.29 is 55.6 Å². The maximum atomic E-state index is 13.4. The summed E-state index contributed by atoms with van der Waals surface area (Å²) in [6.45, 7) is 15.6. The van der Waals surface area contributed by atoms with Crippen molar-refractivity contribution >= 4 is 12.0 Å². The molecule has 0 aromatic heterocycles. The van der Waals surface area contributed by atoms with E-state index in [2.05, 4.69) is 52.0 Å². The molecule has 5 nitrogen and oxygen atoms in total. The van der Waals surface area contributed by atoms with Gasteiger partial charge in [0, 0.05) is 55.5 Å². The second kappa shape index (κ2) is 17.0. The molecule has 0 bridgehead atoms. The molecule has 1 aliphatic heterocycles. The van der Waals surface area contributed by atoms with E-state index in [4.69, 9.17) is 9.47 Å². The number of quaternary nitrogens is 1. The first-order valence-corrected chi connectivity index (χ1v) is 15.0. The molecule has 42 heavy (non-hydrogen) atoms. The summed E-state index contributed by atoms with van der Waals surface area (Å²) in [4.78, 5) is 15.3. The van der Waals surface area contributed by atoms with Crippen LogP contribution < -0.4 is 9.47 Å². The van der Waals surface area contributed by atoms with Crippen LogP contribution in [0.3, 0.4) is 0 Å². The van der Waals surface area contributed by atoms with Gasteiger partial charge in [0.05, 0.1) is 19.6 Å². The first-order valence-electron chi connectivity index (χ1n) is 15.0. The number of unbranched alkanes of at least 4 members (excludes halogenated alkanes) is 1. The Balaban J connectivity index is 0.00000484. The van der Waals surface area contributed by atoms with E-state index in [0.717, 1.165) is 66.1 Å². The minimum atomic E-state index is 0. The molecule has 0 unspecified atom stereocenters. The summed E-state index contributed by atoms with van der Waals surface area (Å²) < 4.78 is 12.5. The summed E-state index contributed by atoms with van der Waals surface area (Å²) in [6, 6.07) is 23.8. The van der Waals surface area contributed by atoms with Gasteiger partial charge in [-0.3, -0.25) is 4.79 Å². The Kier molecular flexibility index (Phi) is 13.8. The van der Waals surface area contributed by atoms with Crippen LogP contribution in [0.5, 0.6) is 11.5 Å². The fourth-order valence-corrected chi connectivity index (χ4v) is 5.66. The van der Waals surface area contributed by atoms with E-state index in [1.807, 2.05) is 59.5 Å². The molecular weight excluding hydrogens is 677 g/mol. The monoisotopic (exact) mass is 722 g/mol. The van der Waals surface area contributed by atoms with Gasteiger partial charge in [-0.25, -0.2) is 0 Å². The van der Waals surface area contributed by atoms with Crippen molar-refractivity contribution in [2.24, 2.45) is 0 Å².